The number of rotatable bonds is 4. The summed E-state index contributed by atoms with van der Waals surface area (Å²) in [7, 11) is -2.44. The van der Waals surface area contributed by atoms with E-state index >= 15 is 0 Å². The highest BCUT2D eigenvalue weighted by atomic mass is 31.1. The standard InChI is InChI=1S/C6H11O3P/c1-5(2)8-10(7)9-6(3)4/h10H,1,3H2,2,4H3. The lowest BCUT2D eigenvalue weighted by atomic mass is 10.7. The molecule has 0 unspecified atom stereocenters. The molecule has 3 nitrogen and oxygen atoms in total. The van der Waals surface area contributed by atoms with E-state index in [0.717, 1.165) is 0 Å². The van der Waals surface area contributed by atoms with Gasteiger partial charge in [0.25, 0.3) is 0 Å². The van der Waals surface area contributed by atoms with Crippen molar-refractivity contribution >= 4 is 8.25 Å². The zero-order chi connectivity index (χ0) is 8.15. The first-order valence-corrected chi connectivity index (χ1v) is 3.95. The van der Waals surface area contributed by atoms with E-state index in [1.165, 1.54) is 0 Å². The summed E-state index contributed by atoms with van der Waals surface area (Å²) in [6.07, 6.45) is 0. The quantitative estimate of drug-likeness (QED) is 0.470. The van der Waals surface area contributed by atoms with Gasteiger partial charge in [-0.2, -0.15) is 0 Å². The van der Waals surface area contributed by atoms with Crippen molar-refractivity contribution in [1.29, 1.82) is 0 Å². The van der Waals surface area contributed by atoms with Crippen molar-refractivity contribution in [2.45, 2.75) is 13.8 Å². The monoisotopic (exact) mass is 162 g/mol. The second-order valence-electron chi connectivity index (χ2n) is 1.86. The predicted molar refractivity (Wildman–Crippen MR) is 40.8 cm³/mol. The largest absolute Gasteiger partial charge is 0.423 e. The Kier molecular flexibility index (Phi) is 3.89. The van der Waals surface area contributed by atoms with E-state index in [-0.39, 0.29) is 0 Å². The minimum atomic E-state index is -2.44. The molecular formula is C6H11O3P. The summed E-state index contributed by atoms with van der Waals surface area (Å²) in [5.41, 5.74) is 0. The van der Waals surface area contributed by atoms with Crippen molar-refractivity contribution in [3.8, 4) is 0 Å². The average molecular weight is 162 g/mol. The topological polar surface area (TPSA) is 35.5 Å². The SMILES string of the molecule is C=C(C)O[PH](=O)OC(=C)C. The molecule has 0 N–H and O–H groups in total. The van der Waals surface area contributed by atoms with E-state index < -0.39 is 8.25 Å². The Morgan fingerprint density at radius 3 is 1.70 bits per heavy atom. The summed E-state index contributed by atoms with van der Waals surface area (Å²) in [6.45, 7) is 9.99. The summed E-state index contributed by atoms with van der Waals surface area (Å²) in [6, 6.07) is 0. The van der Waals surface area contributed by atoms with Crippen LogP contribution in [-0.4, -0.2) is 0 Å². The van der Waals surface area contributed by atoms with Crippen molar-refractivity contribution in [3.05, 3.63) is 24.7 Å². The van der Waals surface area contributed by atoms with Gasteiger partial charge in [-0.1, -0.05) is 13.2 Å². The van der Waals surface area contributed by atoms with Crippen LogP contribution < -0.4 is 0 Å². The highest BCUT2D eigenvalue weighted by Crippen LogP contribution is 2.29. The van der Waals surface area contributed by atoms with Crippen LogP contribution in [0.1, 0.15) is 13.8 Å². The van der Waals surface area contributed by atoms with Crippen LogP contribution in [0.15, 0.2) is 24.7 Å². The molecule has 0 rings (SSSR count). The molecule has 0 heterocycles. The van der Waals surface area contributed by atoms with Gasteiger partial charge in [0.05, 0.1) is 11.5 Å². The van der Waals surface area contributed by atoms with E-state index in [4.69, 9.17) is 0 Å². The average Bonchev–Trinajstić information content (AvgIpc) is 1.58. The van der Waals surface area contributed by atoms with Crippen molar-refractivity contribution in [3.63, 3.8) is 0 Å². The van der Waals surface area contributed by atoms with Gasteiger partial charge < -0.3 is 9.05 Å². The molecule has 0 aromatic carbocycles. The molecule has 0 spiro atoms. The van der Waals surface area contributed by atoms with Gasteiger partial charge in [-0.15, -0.1) is 0 Å². The molecule has 10 heavy (non-hydrogen) atoms. The lowest BCUT2D eigenvalue weighted by molar-refractivity contribution is 0.319. The number of hydrogen-bond donors (Lipinski definition) is 0. The predicted octanol–water partition coefficient (Wildman–Crippen LogP) is 2.48. The Morgan fingerprint density at radius 2 is 1.50 bits per heavy atom. The van der Waals surface area contributed by atoms with Gasteiger partial charge in [0.15, 0.2) is 0 Å². The fourth-order valence-electron chi connectivity index (χ4n) is 0.305. The molecule has 0 radical (unpaired) electrons. The molecule has 0 aliphatic heterocycles. The molecule has 0 aromatic rings. The third-order valence-corrected chi connectivity index (χ3v) is 1.55. The van der Waals surface area contributed by atoms with Gasteiger partial charge in [0.1, 0.15) is 0 Å². The van der Waals surface area contributed by atoms with Crippen LogP contribution in [-0.2, 0) is 13.6 Å². The summed E-state index contributed by atoms with van der Waals surface area (Å²) in [5.74, 6) is 0.760. The number of hydrogen-bond acceptors (Lipinski definition) is 3. The summed E-state index contributed by atoms with van der Waals surface area (Å²) in [5, 5.41) is 0. The molecule has 0 saturated carbocycles. The van der Waals surface area contributed by atoms with Crippen molar-refractivity contribution < 1.29 is 13.6 Å². The Balaban J connectivity index is 3.65. The molecule has 0 aliphatic rings. The normalized spacial score (nSPS) is 9.10. The maximum absolute atomic E-state index is 10.7. The Morgan fingerprint density at radius 1 is 1.20 bits per heavy atom. The highest BCUT2D eigenvalue weighted by Gasteiger charge is 1.98. The van der Waals surface area contributed by atoms with E-state index in [1.807, 2.05) is 0 Å². The molecule has 4 heteroatoms. The Labute approximate surface area is 61.3 Å². The third-order valence-electron chi connectivity index (χ3n) is 0.515. The van der Waals surface area contributed by atoms with Crippen LogP contribution in [0.2, 0.25) is 0 Å². The van der Waals surface area contributed by atoms with Crippen molar-refractivity contribution in [1.82, 2.24) is 0 Å². The summed E-state index contributed by atoms with van der Waals surface area (Å²) >= 11 is 0. The molecule has 0 amide bonds. The fraction of sp³-hybridized carbons (Fsp3) is 0.333. The van der Waals surface area contributed by atoms with Gasteiger partial charge in [-0.25, -0.2) is 4.57 Å². The first-order valence-electron chi connectivity index (χ1n) is 2.73. The summed E-state index contributed by atoms with van der Waals surface area (Å²) in [4.78, 5) is 0. The van der Waals surface area contributed by atoms with E-state index in [1.54, 1.807) is 13.8 Å². The minimum absolute atomic E-state index is 0.380. The highest BCUT2D eigenvalue weighted by molar-refractivity contribution is 7.33. The zero-order valence-electron chi connectivity index (χ0n) is 6.14. The Hall–Kier alpha value is -0.690. The fourth-order valence-corrected chi connectivity index (χ4v) is 0.916. The molecule has 0 bridgehead atoms. The van der Waals surface area contributed by atoms with Crippen LogP contribution >= 0.6 is 8.25 Å². The lowest BCUT2D eigenvalue weighted by Crippen LogP contribution is -1.78. The maximum atomic E-state index is 10.7. The van der Waals surface area contributed by atoms with Crippen LogP contribution in [0.25, 0.3) is 0 Å². The maximum Gasteiger partial charge on any atom is 0.418 e. The molecule has 0 saturated heterocycles. The summed E-state index contributed by atoms with van der Waals surface area (Å²) < 4.78 is 19.9. The van der Waals surface area contributed by atoms with E-state index in [9.17, 15) is 4.57 Å². The van der Waals surface area contributed by atoms with Gasteiger partial charge in [0, 0.05) is 0 Å². The first-order chi connectivity index (χ1) is 4.52. The minimum Gasteiger partial charge on any atom is -0.423 e. The molecule has 58 valence electrons. The molecule has 0 fully saturated rings. The van der Waals surface area contributed by atoms with Crippen LogP contribution in [0.4, 0.5) is 0 Å². The lowest BCUT2D eigenvalue weighted by Gasteiger charge is -2.05. The Bertz CT molecular complexity index is 156. The molecule has 0 aliphatic carbocycles. The van der Waals surface area contributed by atoms with E-state index in [2.05, 4.69) is 22.2 Å². The van der Waals surface area contributed by atoms with Gasteiger partial charge >= 0.3 is 8.25 Å². The van der Waals surface area contributed by atoms with Crippen LogP contribution in [0, 0.1) is 0 Å². The van der Waals surface area contributed by atoms with Crippen LogP contribution in [0.3, 0.4) is 0 Å². The van der Waals surface area contributed by atoms with Gasteiger partial charge in [-0.3, -0.25) is 0 Å². The second kappa shape index (κ2) is 4.18. The molecular weight excluding hydrogens is 151 g/mol. The smallest absolute Gasteiger partial charge is 0.418 e. The third kappa shape index (κ3) is 5.45. The van der Waals surface area contributed by atoms with Gasteiger partial charge in [-0.05, 0) is 13.8 Å². The first kappa shape index (κ1) is 9.31. The van der Waals surface area contributed by atoms with E-state index in [0.29, 0.717) is 11.5 Å². The van der Waals surface area contributed by atoms with Crippen LogP contribution in [0.5, 0.6) is 0 Å². The number of allylic oxidation sites excluding steroid dienone is 2. The zero-order valence-corrected chi connectivity index (χ0v) is 7.14. The second-order valence-corrected chi connectivity index (χ2v) is 2.77. The van der Waals surface area contributed by atoms with Gasteiger partial charge in [0.2, 0.25) is 0 Å². The van der Waals surface area contributed by atoms with Crippen molar-refractivity contribution in [2.24, 2.45) is 0 Å². The molecule has 0 aromatic heterocycles. The van der Waals surface area contributed by atoms with Crippen molar-refractivity contribution in [2.75, 3.05) is 0 Å². The molecule has 0 atom stereocenters.